The molecule has 3 aromatic rings. The molecule has 0 spiro atoms. The molecule has 4 nitrogen and oxygen atoms in total. The van der Waals surface area contributed by atoms with Crippen molar-refractivity contribution in [1.29, 1.82) is 5.26 Å². The number of nitrogens with zero attached hydrogens (tertiary/aromatic N) is 3. The van der Waals surface area contributed by atoms with Crippen molar-refractivity contribution in [2.75, 3.05) is 5.32 Å². The molecule has 0 saturated carbocycles. The Kier molecular flexibility index (Phi) is 3.35. The van der Waals surface area contributed by atoms with E-state index in [1.165, 1.54) is 16.3 Å². The first-order valence-electron chi connectivity index (χ1n) is 8.17. The van der Waals surface area contributed by atoms with E-state index in [-0.39, 0.29) is 6.04 Å². The molecule has 4 rings (SSSR count). The predicted molar refractivity (Wildman–Crippen MR) is 95.8 cm³/mol. The highest BCUT2D eigenvalue weighted by Crippen LogP contribution is 2.36. The highest BCUT2D eigenvalue weighted by atomic mass is 15.4. The number of fused-ring (bicyclic) bond motifs is 2. The topological polar surface area (TPSA) is 53.6 Å². The minimum atomic E-state index is -0.0141. The molecule has 4 heteroatoms. The molecule has 0 aliphatic carbocycles. The monoisotopic (exact) mass is 314 g/mol. The van der Waals surface area contributed by atoms with Gasteiger partial charge in [-0.15, -0.1) is 0 Å². The van der Waals surface area contributed by atoms with Crippen LogP contribution in [0, 0.1) is 11.3 Å². The van der Waals surface area contributed by atoms with Gasteiger partial charge in [0.15, 0.2) is 0 Å². The molecule has 24 heavy (non-hydrogen) atoms. The molecule has 0 radical (unpaired) electrons. The summed E-state index contributed by atoms with van der Waals surface area (Å²) in [6.07, 6.45) is 2.91. The summed E-state index contributed by atoms with van der Waals surface area (Å²) in [6, 6.07) is 17.0. The molecule has 1 atom stereocenters. The van der Waals surface area contributed by atoms with Gasteiger partial charge in [0.25, 0.3) is 0 Å². The maximum atomic E-state index is 9.55. The standard InChI is InChI=1S/C20H18N4/c1-3-18-17(12-21)20-22-13(2)11-19(24(20)23-18)16-10-6-8-14-7-4-5-9-15(14)16/h4-11,19,22H,3H2,1-2H3. The van der Waals surface area contributed by atoms with Crippen LogP contribution in [0.25, 0.3) is 10.8 Å². The van der Waals surface area contributed by atoms with Gasteiger partial charge in [-0.1, -0.05) is 49.4 Å². The first-order valence-corrected chi connectivity index (χ1v) is 8.17. The van der Waals surface area contributed by atoms with Crippen molar-refractivity contribution in [2.24, 2.45) is 0 Å². The van der Waals surface area contributed by atoms with Crippen LogP contribution in [-0.2, 0) is 6.42 Å². The summed E-state index contributed by atoms with van der Waals surface area (Å²) in [4.78, 5) is 0. The zero-order chi connectivity index (χ0) is 16.7. The molecule has 1 aromatic heterocycles. The van der Waals surface area contributed by atoms with Crippen molar-refractivity contribution in [1.82, 2.24) is 9.78 Å². The quantitative estimate of drug-likeness (QED) is 0.763. The van der Waals surface area contributed by atoms with E-state index >= 15 is 0 Å². The van der Waals surface area contributed by atoms with Gasteiger partial charge >= 0.3 is 0 Å². The molecule has 1 unspecified atom stereocenters. The first kappa shape index (κ1) is 14.5. The van der Waals surface area contributed by atoms with Crippen LogP contribution in [0.4, 0.5) is 5.82 Å². The second-order valence-electron chi connectivity index (χ2n) is 6.07. The number of anilines is 1. The van der Waals surface area contributed by atoms with Crippen LogP contribution in [0.15, 0.2) is 54.2 Å². The summed E-state index contributed by atoms with van der Waals surface area (Å²) < 4.78 is 1.95. The number of aromatic nitrogens is 2. The number of nitrogens with one attached hydrogen (secondary N) is 1. The first-order chi connectivity index (χ1) is 11.7. The zero-order valence-corrected chi connectivity index (χ0v) is 13.7. The fourth-order valence-corrected chi connectivity index (χ4v) is 3.43. The Labute approximate surface area is 141 Å². The summed E-state index contributed by atoms with van der Waals surface area (Å²) >= 11 is 0. The van der Waals surface area contributed by atoms with Gasteiger partial charge in [-0.3, -0.25) is 0 Å². The predicted octanol–water partition coefficient (Wildman–Crippen LogP) is 4.39. The van der Waals surface area contributed by atoms with Crippen molar-refractivity contribution < 1.29 is 0 Å². The lowest BCUT2D eigenvalue weighted by Crippen LogP contribution is -2.20. The largest absolute Gasteiger partial charge is 0.343 e. The lowest BCUT2D eigenvalue weighted by Gasteiger charge is -2.25. The van der Waals surface area contributed by atoms with E-state index in [4.69, 9.17) is 5.10 Å². The molecule has 0 fully saturated rings. The van der Waals surface area contributed by atoms with Crippen molar-refractivity contribution in [2.45, 2.75) is 26.3 Å². The van der Waals surface area contributed by atoms with Crippen LogP contribution in [-0.4, -0.2) is 9.78 Å². The summed E-state index contributed by atoms with van der Waals surface area (Å²) in [7, 11) is 0. The van der Waals surface area contributed by atoms with Crippen LogP contribution < -0.4 is 5.32 Å². The fourth-order valence-electron chi connectivity index (χ4n) is 3.43. The van der Waals surface area contributed by atoms with E-state index in [1.54, 1.807) is 0 Å². The average Bonchev–Trinajstić information content (AvgIpc) is 2.98. The molecule has 118 valence electrons. The van der Waals surface area contributed by atoms with E-state index in [9.17, 15) is 5.26 Å². The molecular formula is C20H18N4. The molecule has 1 aliphatic heterocycles. The van der Waals surface area contributed by atoms with Crippen LogP contribution >= 0.6 is 0 Å². The van der Waals surface area contributed by atoms with E-state index in [1.807, 2.05) is 18.5 Å². The van der Waals surface area contributed by atoms with Crippen molar-refractivity contribution in [3.63, 3.8) is 0 Å². The van der Waals surface area contributed by atoms with Crippen LogP contribution in [0.5, 0.6) is 0 Å². The Bertz CT molecular complexity index is 999. The second kappa shape index (κ2) is 5.54. The van der Waals surface area contributed by atoms with E-state index in [2.05, 4.69) is 59.9 Å². The van der Waals surface area contributed by atoms with Gasteiger partial charge in [0.2, 0.25) is 0 Å². The molecule has 2 aromatic carbocycles. The number of benzene rings is 2. The normalized spacial score (nSPS) is 16.2. The number of aryl methyl sites for hydroxylation is 1. The van der Waals surface area contributed by atoms with Crippen LogP contribution in [0.1, 0.15) is 36.7 Å². The lowest BCUT2D eigenvalue weighted by atomic mass is 9.97. The van der Waals surface area contributed by atoms with Gasteiger partial charge in [-0.05, 0) is 35.8 Å². The molecule has 0 amide bonds. The smallest absolute Gasteiger partial charge is 0.147 e. The number of hydrogen-bond donors (Lipinski definition) is 1. The number of allylic oxidation sites excluding steroid dienone is 2. The number of rotatable bonds is 2. The van der Waals surface area contributed by atoms with Gasteiger partial charge < -0.3 is 5.32 Å². The maximum absolute atomic E-state index is 9.55. The lowest BCUT2D eigenvalue weighted by molar-refractivity contribution is 0.600. The Morgan fingerprint density at radius 1 is 1.21 bits per heavy atom. The minimum Gasteiger partial charge on any atom is -0.343 e. The van der Waals surface area contributed by atoms with Gasteiger partial charge in [-0.25, -0.2) is 4.68 Å². The molecular weight excluding hydrogens is 296 g/mol. The number of nitriles is 1. The number of hydrogen-bond acceptors (Lipinski definition) is 3. The van der Waals surface area contributed by atoms with Crippen molar-refractivity contribution in [3.05, 3.63) is 71.1 Å². The highest BCUT2D eigenvalue weighted by molar-refractivity contribution is 5.86. The molecule has 1 N–H and O–H groups in total. The molecule has 0 saturated heterocycles. The highest BCUT2D eigenvalue weighted by Gasteiger charge is 2.27. The second-order valence-corrected chi connectivity index (χ2v) is 6.07. The van der Waals surface area contributed by atoms with Crippen LogP contribution in [0.2, 0.25) is 0 Å². The SMILES string of the molecule is CCc1nn2c(c1C#N)NC(C)=CC2c1cccc2ccccc12. The van der Waals surface area contributed by atoms with Crippen LogP contribution in [0.3, 0.4) is 0 Å². The van der Waals surface area contributed by atoms with Crippen molar-refractivity contribution in [3.8, 4) is 6.07 Å². The summed E-state index contributed by atoms with van der Waals surface area (Å²) in [6.45, 7) is 4.06. The average molecular weight is 314 g/mol. The zero-order valence-electron chi connectivity index (χ0n) is 13.7. The fraction of sp³-hybridized carbons (Fsp3) is 0.200. The minimum absolute atomic E-state index is 0.0141. The van der Waals surface area contributed by atoms with Crippen molar-refractivity contribution >= 4 is 16.6 Å². The third-order valence-electron chi connectivity index (χ3n) is 4.56. The maximum Gasteiger partial charge on any atom is 0.147 e. The third-order valence-corrected chi connectivity index (χ3v) is 4.56. The Morgan fingerprint density at radius 3 is 2.79 bits per heavy atom. The Balaban J connectivity index is 1.98. The van der Waals surface area contributed by atoms with E-state index in [0.717, 1.165) is 23.6 Å². The van der Waals surface area contributed by atoms with Gasteiger partial charge in [0.1, 0.15) is 17.5 Å². The summed E-state index contributed by atoms with van der Waals surface area (Å²) in [5.41, 5.74) is 3.73. The van der Waals surface area contributed by atoms with Gasteiger partial charge in [0.05, 0.1) is 11.7 Å². The molecule has 0 bridgehead atoms. The Morgan fingerprint density at radius 2 is 2.00 bits per heavy atom. The van der Waals surface area contributed by atoms with E-state index < -0.39 is 0 Å². The summed E-state index contributed by atoms with van der Waals surface area (Å²) in [5.74, 6) is 0.798. The third kappa shape index (κ3) is 2.10. The molecule has 1 aliphatic rings. The molecule has 2 heterocycles. The Hall–Kier alpha value is -3.06. The van der Waals surface area contributed by atoms with Gasteiger partial charge in [-0.2, -0.15) is 10.4 Å². The summed E-state index contributed by atoms with van der Waals surface area (Å²) in [5, 5.41) is 20.0. The van der Waals surface area contributed by atoms with Gasteiger partial charge in [0, 0.05) is 5.70 Å². The van der Waals surface area contributed by atoms with E-state index in [0.29, 0.717) is 5.56 Å².